The Morgan fingerprint density at radius 1 is 1.26 bits per heavy atom. The summed E-state index contributed by atoms with van der Waals surface area (Å²) in [6.07, 6.45) is 2.82. The Labute approximate surface area is 129 Å². The zero-order valence-corrected chi connectivity index (χ0v) is 11.8. The number of benzene rings is 1. The largest absolute Gasteiger partial charge is 0.490 e. The molecular weight excluding hydrogens is 306 g/mol. The van der Waals surface area contributed by atoms with E-state index in [0.717, 1.165) is 12.1 Å². The predicted molar refractivity (Wildman–Crippen MR) is 76.1 cm³/mol. The number of anilines is 1. The zero-order valence-electron chi connectivity index (χ0n) is 11.8. The van der Waals surface area contributed by atoms with Gasteiger partial charge >= 0.3 is 6.03 Å². The van der Waals surface area contributed by atoms with Gasteiger partial charge in [0.2, 0.25) is 0 Å². The number of ether oxygens (including phenoxy) is 1. The highest BCUT2D eigenvalue weighted by atomic mass is 19.1. The summed E-state index contributed by atoms with van der Waals surface area (Å²) >= 11 is 0. The Balaban J connectivity index is 1.49. The van der Waals surface area contributed by atoms with Crippen LogP contribution < -0.4 is 15.4 Å². The fourth-order valence-electron chi connectivity index (χ4n) is 3.03. The molecule has 8 heteroatoms. The first-order valence-electron chi connectivity index (χ1n) is 7.09. The zero-order chi connectivity index (χ0) is 16.0. The topological polar surface area (TPSA) is 76.1 Å². The number of nitrogens with one attached hydrogen (secondary N) is 2. The molecule has 0 bridgehead atoms. The summed E-state index contributed by atoms with van der Waals surface area (Å²) in [6.45, 7) is 0.247. The molecule has 0 radical (unpaired) electrons. The maximum Gasteiger partial charge on any atom is 0.320 e. The highest BCUT2D eigenvalue weighted by Gasteiger charge is 2.57. The van der Waals surface area contributed by atoms with Crippen LogP contribution in [0, 0.1) is 17.6 Å². The molecule has 6 nitrogen and oxygen atoms in total. The van der Waals surface area contributed by atoms with E-state index >= 15 is 0 Å². The summed E-state index contributed by atoms with van der Waals surface area (Å²) in [7, 11) is 0. The molecule has 1 aromatic heterocycles. The van der Waals surface area contributed by atoms with Crippen molar-refractivity contribution in [2.24, 2.45) is 5.92 Å². The molecule has 1 saturated carbocycles. The van der Waals surface area contributed by atoms with Gasteiger partial charge < -0.3 is 10.1 Å². The van der Waals surface area contributed by atoms with Crippen LogP contribution in [0.5, 0.6) is 5.75 Å². The average Bonchev–Trinajstić information content (AvgIpc) is 3.24. The Morgan fingerprint density at radius 2 is 2.09 bits per heavy atom. The number of carbonyl (C=O) groups excluding carboxylic acids is 1. The highest BCUT2D eigenvalue weighted by molar-refractivity contribution is 5.88. The number of amides is 2. The lowest BCUT2D eigenvalue weighted by Crippen LogP contribution is -2.32. The van der Waals surface area contributed by atoms with Gasteiger partial charge in [-0.3, -0.25) is 5.32 Å². The molecule has 118 valence electrons. The molecule has 2 N–H and O–H groups in total. The monoisotopic (exact) mass is 318 g/mol. The van der Waals surface area contributed by atoms with Gasteiger partial charge in [0, 0.05) is 29.6 Å². The molecule has 1 aliphatic heterocycles. The van der Waals surface area contributed by atoms with Gasteiger partial charge in [-0.1, -0.05) is 0 Å². The summed E-state index contributed by atoms with van der Waals surface area (Å²) in [4.78, 5) is 19.6. The average molecular weight is 318 g/mol. The number of rotatable bonds is 2. The van der Waals surface area contributed by atoms with Gasteiger partial charge in [0.05, 0.1) is 6.61 Å². The minimum absolute atomic E-state index is 0.0493. The van der Waals surface area contributed by atoms with Crippen molar-refractivity contribution < 1.29 is 18.3 Å². The fraction of sp³-hybridized carbons (Fsp3) is 0.267. The molecule has 4 rings (SSSR count). The number of fused-ring (bicyclic) bond motifs is 3. The Bertz CT molecular complexity index is 772. The second kappa shape index (κ2) is 5.15. The third-order valence-corrected chi connectivity index (χ3v) is 4.14. The lowest BCUT2D eigenvalue weighted by molar-refractivity contribution is 0.247. The summed E-state index contributed by atoms with van der Waals surface area (Å²) in [6, 6.07) is 2.92. The standard InChI is InChI=1S/C15H12F2N4O2/c16-8-1-2-9(17)14-12(8)11-7(5-23-14)13(11)21-15(22)20-10-3-4-18-6-19-10/h1-4,6-7,11,13H,5H2,(H2,18,19,20,21,22)/t7-,11-,13?/m0/s1. The van der Waals surface area contributed by atoms with E-state index in [2.05, 4.69) is 20.6 Å². The van der Waals surface area contributed by atoms with Crippen molar-refractivity contribution >= 4 is 11.8 Å². The number of urea groups is 1. The third kappa shape index (κ3) is 2.36. The van der Waals surface area contributed by atoms with Crippen LogP contribution in [-0.4, -0.2) is 28.6 Å². The van der Waals surface area contributed by atoms with Crippen LogP contribution in [0.3, 0.4) is 0 Å². The summed E-state index contributed by atoms with van der Waals surface area (Å²) < 4.78 is 33.0. The minimum atomic E-state index is -0.587. The van der Waals surface area contributed by atoms with Gasteiger partial charge in [-0.15, -0.1) is 0 Å². The van der Waals surface area contributed by atoms with Crippen molar-refractivity contribution in [1.82, 2.24) is 15.3 Å². The molecule has 3 atom stereocenters. The molecule has 2 heterocycles. The second-order valence-electron chi connectivity index (χ2n) is 5.49. The molecule has 23 heavy (non-hydrogen) atoms. The highest BCUT2D eigenvalue weighted by Crippen LogP contribution is 2.55. The second-order valence-corrected chi connectivity index (χ2v) is 5.49. The van der Waals surface area contributed by atoms with Crippen LogP contribution in [0.15, 0.2) is 30.7 Å². The SMILES string of the molecule is O=C(Nc1ccncn1)NC1[C@H]2COc3c(F)ccc(F)c3[C@@H]12. The van der Waals surface area contributed by atoms with Crippen LogP contribution in [-0.2, 0) is 0 Å². The molecule has 1 fully saturated rings. The van der Waals surface area contributed by atoms with Gasteiger partial charge in [-0.05, 0) is 18.2 Å². The van der Waals surface area contributed by atoms with Gasteiger partial charge in [0.25, 0.3) is 0 Å². The Hall–Kier alpha value is -2.77. The van der Waals surface area contributed by atoms with Crippen LogP contribution in [0.2, 0.25) is 0 Å². The van der Waals surface area contributed by atoms with E-state index in [1.807, 2.05) is 0 Å². The number of carbonyl (C=O) groups is 1. The van der Waals surface area contributed by atoms with Crippen molar-refractivity contribution in [1.29, 1.82) is 0 Å². The maximum absolute atomic E-state index is 14.0. The molecule has 1 unspecified atom stereocenters. The van der Waals surface area contributed by atoms with E-state index < -0.39 is 17.7 Å². The summed E-state index contributed by atoms with van der Waals surface area (Å²) in [5.74, 6) is -1.13. The summed E-state index contributed by atoms with van der Waals surface area (Å²) in [5, 5.41) is 5.32. The Kier molecular flexibility index (Phi) is 3.10. The lowest BCUT2D eigenvalue weighted by atomic mass is 10.0. The smallest absolute Gasteiger partial charge is 0.320 e. The van der Waals surface area contributed by atoms with Gasteiger partial charge in [0.1, 0.15) is 18.0 Å². The normalized spacial score (nSPS) is 24.0. The molecular formula is C15H12F2N4O2. The van der Waals surface area contributed by atoms with Crippen LogP contribution >= 0.6 is 0 Å². The van der Waals surface area contributed by atoms with E-state index in [-0.39, 0.29) is 35.8 Å². The van der Waals surface area contributed by atoms with E-state index in [1.54, 1.807) is 6.07 Å². The first-order chi connectivity index (χ1) is 11.1. The first kappa shape index (κ1) is 13.9. The Morgan fingerprint density at radius 3 is 2.87 bits per heavy atom. The first-order valence-corrected chi connectivity index (χ1v) is 7.09. The third-order valence-electron chi connectivity index (χ3n) is 4.14. The van der Waals surface area contributed by atoms with Crippen molar-refractivity contribution in [2.75, 3.05) is 11.9 Å². The van der Waals surface area contributed by atoms with Crippen LogP contribution in [0.1, 0.15) is 11.5 Å². The predicted octanol–water partition coefficient (Wildman–Crippen LogP) is 2.05. The molecule has 2 amide bonds. The number of nitrogens with zero attached hydrogens (tertiary/aromatic N) is 2. The molecule has 1 aromatic carbocycles. The maximum atomic E-state index is 14.0. The lowest BCUT2D eigenvalue weighted by Gasteiger charge is -2.16. The van der Waals surface area contributed by atoms with Gasteiger partial charge in [0.15, 0.2) is 11.6 Å². The van der Waals surface area contributed by atoms with Crippen molar-refractivity contribution in [3.63, 3.8) is 0 Å². The van der Waals surface area contributed by atoms with E-state index in [1.165, 1.54) is 12.5 Å². The number of aromatic nitrogens is 2. The molecule has 0 spiro atoms. The molecule has 2 aliphatic rings. The van der Waals surface area contributed by atoms with Gasteiger partial charge in [-0.2, -0.15) is 0 Å². The molecule has 2 aromatic rings. The minimum Gasteiger partial charge on any atom is -0.490 e. The van der Waals surface area contributed by atoms with Crippen molar-refractivity contribution in [3.8, 4) is 5.75 Å². The fourth-order valence-corrected chi connectivity index (χ4v) is 3.03. The van der Waals surface area contributed by atoms with Crippen molar-refractivity contribution in [2.45, 2.75) is 12.0 Å². The number of hydrogen-bond donors (Lipinski definition) is 2. The number of hydrogen-bond acceptors (Lipinski definition) is 4. The van der Waals surface area contributed by atoms with Crippen molar-refractivity contribution in [3.05, 3.63) is 47.9 Å². The summed E-state index contributed by atoms with van der Waals surface area (Å²) in [5.41, 5.74) is 0.202. The van der Waals surface area contributed by atoms with E-state index in [0.29, 0.717) is 5.82 Å². The van der Waals surface area contributed by atoms with Gasteiger partial charge in [-0.25, -0.2) is 23.5 Å². The number of halogens is 2. The quantitative estimate of drug-likeness (QED) is 0.888. The van der Waals surface area contributed by atoms with Crippen LogP contribution in [0.4, 0.5) is 19.4 Å². The van der Waals surface area contributed by atoms with E-state index in [9.17, 15) is 13.6 Å². The van der Waals surface area contributed by atoms with E-state index in [4.69, 9.17) is 4.74 Å². The van der Waals surface area contributed by atoms with Crippen LogP contribution in [0.25, 0.3) is 0 Å². The molecule has 0 saturated heterocycles. The molecule has 1 aliphatic carbocycles.